The minimum atomic E-state index is -4.47. The van der Waals surface area contributed by atoms with Gasteiger partial charge in [0.05, 0.1) is 0 Å². The second-order valence-corrected chi connectivity index (χ2v) is 2.73. The molecule has 13 heavy (non-hydrogen) atoms. The van der Waals surface area contributed by atoms with Gasteiger partial charge < -0.3 is 5.32 Å². The molecule has 0 fully saturated rings. The molecule has 0 atom stereocenters. The molecule has 0 amide bonds. The number of rotatable bonds is 1. The highest BCUT2D eigenvalue weighted by molar-refractivity contribution is 7.80. The van der Waals surface area contributed by atoms with E-state index in [-0.39, 0.29) is 0 Å². The predicted octanol–water partition coefficient (Wildman–Crippen LogP) is 2.99. The van der Waals surface area contributed by atoms with Crippen LogP contribution < -0.4 is 5.32 Å². The Kier molecular flexibility index (Phi) is 2.87. The number of halogens is 3. The summed E-state index contributed by atoms with van der Waals surface area (Å²) in [7, 11) is 0. The summed E-state index contributed by atoms with van der Waals surface area (Å²) >= 11 is 4.14. The normalized spacial score (nSPS) is 11.0. The maximum absolute atomic E-state index is 11.9. The van der Waals surface area contributed by atoms with Gasteiger partial charge in [0.15, 0.2) is 4.99 Å². The molecule has 0 aliphatic rings. The van der Waals surface area contributed by atoms with Crippen LogP contribution in [-0.4, -0.2) is 11.2 Å². The van der Waals surface area contributed by atoms with E-state index in [0.29, 0.717) is 5.69 Å². The van der Waals surface area contributed by atoms with Crippen molar-refractivity contribution in [3.05, 3.63) is 30.3 Å². The molecule has 1 aromatic rings. The average Bonchev–Trinajstić information content (AvgIpc) is 2.04. The van der Waals surface area contributed by atoms with E-state index in [1.165, 1.54) is 12.1 Å². The first-order valence-electron chi connectivity index (χ1n) is 3.43. The lowest BCUT2D eigenvalue weighted by Crippen LogP contribution is -2.27. The fourth-order valence-electron chi connectivity index (χ4n) is 0.723. The molecular formula is C8H6F3NS. The number of nitrogens with one attached hydrogen (secondary N) is 1. The van der Waals surface area contributed by atoms with E-state index in [0.717, 1.165) is 0 Å². The van der Waals surface area contributed by atoms with E-state index < -0.39 is 11.2 Å². The molecule has 0 unspecified atom stereocenters. The van der Waals surface area contributed by atoms with Crippen LogP contribution >= 0.6 is 12.2 Å². The van der Waals surface area contributed by atoms with Crippen molar-refractivity contribution in [2.75, 3.05) is 5.32 Å². The Morgan fingerprint density at radius 2 is 1.69 bits per heavy atom. The molecular weight excluding hydrogens is 199 g/mol. The third kappa shape index (κ3) is 3.02. The summed E-state index contributed by atoms with van der Waals surface area (Å²) in [4.78, 5) is -1.13. The van der Waals surface area contributed by atoms with Crippen LogP contribution in [0.5, 0.6) is 0 Å². The highest BCUT2D eigenvalue weighted by atomic mass is 32.1. The maximum Gasteiger partial charge on any atom is 0.441 e. The smallest absolute Gasteiger partial charge is 0.343 e. The summed E-state index contributed by atoms with van der Waals surface area (Å²) in [6.45, 7) is 0. The van der Waals surface area contributed by atoms with Gasteiger partial charge in [-0.2, -0.15) is 13.2 Å². The zero-order valence-corrected chi connectivity index (χ0v) is 7.25. The van der Waals surface area contributed by atoms with Gasteiger partial charge in [0, 0.05) is 5.69 Å². The highest BCUT2D eigenvalue weighted by Gasteiger charge is 2.34. The van der Waals surface area contributed by atoms with Crippen LogP contribution in [0.2, 0.25) is 0 Å². The molecule has 0 saturated carbocycles. The van der Waals surface area contributed by atoms with Gasteiger partial charge in [-0.05, 0) is 12.1 Å². The first-order chi connectivity index (χ1) is 6.00. The third-order valence-corrected chi connectivity index (χ3v) is 1.62. The molecule has 0 bridgehead atoms. The lowest BCUT2D eigenvalue weighted by Gasteiger charge is -2.10. The van der Waals surface area contributed by atoms with Gasteiger partial charge in [-0.15, -0.1) is 0 Å². The molecule has 1 nitrogen and oxygen atoms in total. The third-order valence-electron chi connectivity index (χ3n) is 1.29. The van der Waals surface area contributed by atoms with Gasteiger partial charge in [-0.3, -0.25) is 0 Å². The summed E-state index contributed by atoms with van der Waals surface area (Å²) in [6, 6.07) is 7.99. The van der Waals surface area contributed by atoms with Crippen LogP contribution in [0.4, 0.5) is 18.9 Å². The van der Waals surface area contributed by atoms with Crippen molar-refractivity contribution in [1.29, 1.82) is 0 Å². The Morgan fingerprint density at radius 3 is 2.15 bits per heavy atom. The molecule has 0 saturated heterocycles. The van der Waals surface area contributed by atoms with E-state index in [9.17, 15) is 13.2 Å². The number of thiocarbonyl (C=S) groups is 1. The molecule has 0 radical (unpaired) electrons. The van der Waals surface area contributed by atoms with Crippen molar-refractivity contribution >= 4 is 22.9 Å². The SMILES string of the molecule is FC(F)(F)C(=S)Nc1ccccc1. The zero-order valence-electron chi connectivity index (χ0n) is 6.43. The molecule has 1 rings (SSSR count). The summed E-state index contributed by atoms with van der Waals surface area (Å²) < 4.78 is 35.8. The number of anilines is 1. The Morgan fingerprint density at radius 1 is 1.15 bits per heavy atom. The summed E-state index contributed by atoms with van der Waals surface area (Å²) in [5.74, 6) is 0. The molecule has 0 aromatic heterocycles. The number of para-hydroxylation sites is 1. The van der Waals surface area contributed by atoms with Crippen LogP contribution in [0.3, 0.4) is 0 Å². The van der Waals surface area contributed by atoms with Crippen molar-refractivity contribution in [3.63, 3.8) is 0 Å². The Hall–Kier alpha value is -1.10. The summed E-state index contributed by atoms with van der Waals surface area (Å²) in [5.41, 5.74) is 0.338. The first kappa shape index (κ1) is 9.98. The highest BCUT2D eigenvalue weighted by Crippen LogP contribution is 2.19. The quantitative estimate of drug-likeness (QED) is 0.707. The molecule has 5 heteroatoms. The van der Waals surface area contributed by atoms with Crippen LogP contribution in [0.15, 0.2) is 30.3 Å². The number of benzene rings is 1. The lowest BCUT2D eigenvalue weighted by atomic mass is 10.3. The second kappa shape index (κ2) is 3.74. The van der Waals surface area contributed by atoms with E-state index >= 15 is 0 Å². The standard InChI is InChI=1S/C8H6F3NS/c9-8(10,11)7(13)12-6-4-2-1-3-5-6/h1-5H,(H,12,13). The van der Waals surface area contributed by atoms with E-state index in [4.69, 9.17) is 0 Å². The van der Waals surface area contributed by atoms with Crippen LogP contribution in [0.1, 0.15) is 0 Å². The molecule has 1 N–H and O–H groups in total. The van der Waals surface area contributed by atoms with Gasteiger partial charge in [0.25, 0.3) is 0 Å². The van der Waals surface area contributed by atoms with Gasteiger partial charge in [-0.1, -0.05) is 30.4 Å². The molecule has 1 aromatic carbocycles. The van der Waals surface area contributed by atoms with Gasteiger partial charge in [0.1, 0.15) is 0 Å². The lowest BCUT2D eigenvalue weighted by molar-refractivity contribution is -0.0562. The van der Waals surface area contributed by atoms with Crippen molar-refractivity contribution < 1.29 is 13.2 Å². The zero-order chi connectivity index (χ0) is 9.90. The van der Waals surface area contributed by atoms with E-state index in [1.807, 2.05) is 0 Å². The van der Waals surface area contributed by atoms with E-state index in [1.54, 1.807) is 18.2 Å². The minimum Gasteiger partial charge on any atom is -0.343 e. The van der Waals surface area contributed by atoms with Crippen LogP contribution in [0.25, 0.3) is 0 Å². The maximum atomic E-state index is 11.9. The van der Waals surface area contributed by atoms with Gasteiger partial charge in [0.2, 0.25) is 0 Å². The Bertz CT molecular complexity index is 294. The fraction of sp³-hybridized carbons (Fsp3) is 0.125. The molecule has 0 heterocycles. The number of hydrogen-bond acceptors (Lipinski definition) is 1. The first-order valence-corrected chi connectivity index (χ1v) is 3.84. The van der Waals surface area contributed by atoms with Crippen molar-refractivity contribution in [3.8, 4) is 0 Å². The summed E-state index contributed by atoms with van der Waals surface area (Å²) in [6.07, 6.45) is -4.47. The Labute approximate surface area is 78.6 Å². The van der Waals surface area contributed by atoms with Gasteiger partial charge >= 0.3 is 6.18 Å². The van der Waals surface area contributed by atoms with Crippen LogP contribution in [-0.2, 0) is 0 Å². The number of hydrogen-bond donors (Lipinski definition) is 1. The van der Waals surface area contributed by atoms with Crippen LogP contribution in [0, 0.1) is 0 Å². The predicted molar refractivity (Wildman–Crippen MR) is 48.7 cm³/mol. The molecule has 0 spiro atoms. The minimum absolute atomic E-state index is 0.338. The van der Waals surface area contributed by atoms with Gasteiger partial charge in [-0.25, -0.2) is 0 Å². The van der Waals surface area contributed by atoms with Crippen molar-refractivity contribution in [1.82, 2.24) is 0 Å². The Balaban J connectivity index is 2.66. The molecule has 0 aliphatic heterocycles. The average molecular weight is 205 g/mol. The molecule has 70 valence electrons. The summed E-state index contributed by atoms with van der Waals surface area (Å²) in [5, 5.41) is 2.09. The van der Waals surface area contributed by atoms with Crippen molar-refractivity contribution in [2.24, 2.45) is 0 Å². The van der Waals surface area contributed by atoms with E-state index in [2.05, 4.69) is 17.5 Å². The molecule has 0 aliphatic carbocycles. The monoisotopic (exact) mass is 205 g/mol. The topological polar surface area (TPSA) is 12.0 Å². The van der Waals surface area contributed by atoms with Crippen molar-refractivity contribution in [2.45, 2.75) is 6.18 Å². The second-order valence-electron chi connectivity index (χ2n) is 2.32. The number of alkyl halides is 3. The fourth-order valence-corrected chi connectivity index (χ4v) is 0.841. The largest absolute Gasteiger partial charge is 0.441 e.